The van der Waals surface area contributed by atoms with Crippen molar-refractivity contribution in [2.24, 2.45) is 0 Å². The zero-order valence-electron chi connectivity index (χ0n) is 14.2. The van der Waals surface area contributed by atoms with Crippen molar-refractivity contribution in [1.29, 1.82) is 0 Å². The Morgan fingerprint density at radius 3 is 2.25 bits per heavy atom. The van der Waals surface area contributed by atoms with Gasteiger partial charge in [-0.2, -0.15) is 0 Å². The first-order chi connectivity index (χ1) is 11.6. The Kier molecular flexibility index (Phi) is 6.43. The minimum absolute atomic E-state index is 0.190. The summed E-state index contributed by atoms with van der Waals surface area (Å²) in [5, 5.41) is 0. The van der Waals surface area contributed by atoms with Crippen molar-refractivity contribution in [3.63, 3.8) is 0 Å². The molecule has 4 nitrogen and oxygen atoms in total. The molecule has 0 saturated heterocycles. The third-order valence-corrected chi connectivity index (χ3v) is 3.47. The van der Waals surface area contributed by atoms with E-state index in [4.69, 9.17) is 14.2 Å². The molecule has 2 aromatic rings. The summed E-state index contributed by atoms with van der Waals surface area (Å²) in [6.07, 6.45) is 3.59. The Balaban J connectivity index is 1.95. The van der Waals surface area contributed by atoms with E-state index in [1.165, 1.54) is 6.08 Å². The van der Waals surface area contributed by atoms with Crippen LogP contribution in [0.1, 0.15) is 18.1 Å². The SMILES string of the molecule is COc1cc(C=CC(=O)OC(C)Cc2ccccc2)cc(OC)c1. The summed E-state index contributed by atoms with van der Waals surface area (Å²) in [6.45, 7) is 1.88. The molecule has 2 aromatic carbocycles. The second kappa shape index (κ2) is 8.77. The number of carbonyl (C=O) groups excluding carboxylic acids is 1. The van der Waals surface area contributed by atoms with Crippen molar-refractivity contribution in [3.05, 3.63) is 65.7 Å². The molecule has 0 N–H and O–H groups in total. The van der Waals surface area contributed by atoms with Gasteiger partial charge in [-0.25, -0.2) is 4.79 Å². The van der Waals surface area contributed by atoms with E-state index in [1.54, 1.807) is 26.4 Å². The number of esters is 1. The van der Waals surface area contributed by atoms with Gasteiger partial charge in [-0.15, -0.1) is 0 Å². The molecule has 0 saturated carbocycles. The summed E-state index contributed by atoms with van der Waals surface area (Å²) in [5.41, 5.74) is 1.94. The molecule has 4 heteroatoms. The maximum Gasteiger partial charge on any atom is 0.331 e. The first-order valence-corrected chi connectivity index (χ1v) is 7.76. The highest BCUT2D eigenvalue weighted by molar-refractivity contribution is 5.87. The molecule has 0 heterocycles. The second-order valence-electron chi connectivity index (χ2n) is 5.42. The van der Waals surface area contributed by atoms with Crippen LogP contribution < -0.4 is 9.47 Å². The topological polar surface area (TPSA) is 44.8 Å². The van der Waals surface area contributed by atoms with Gasteiger partial charge in [0.1, 0.15) is 17.6 Å². The lowest BCUT2D eigenvalue weighted by molar-refractivity contribution is -0.141. The minimum atomic E-state index is -0.375. The number of methoxy groups -OCH3 is 2. The summed E-state index contributed by atoms with van der Waals surface area (Å²) >= 11 is 0. The van der Waals surface area contributed by atoms with Gasteiger partial charge < -0.3 is 14.2 Å². The molecule has 0 amide bonds. The van der Waals surface area contributed by atoms with Crippen LogP contribution in [0.3, 0.4) is 0 Å². The Hall–Kier alpha value is -2.75. The standard InChI is InChI=1S/C20H22O4/c1-15(11-16-7-5-4-6-8-16)24-20(21)10-9-17-12-18(22-2)14-19(13-17)23-3/h4-10,12-15H,11H2,1-3H3. The average molecular weight is 326 g/mol. The smallest absolute Gasteiger partial charge is 0.331 e. The van der Waals surface area contributed by atoms with Crippen LogP contribution in [0, 0.1) is 0 Å². The zero-order valence-corrected chi connectivity index (χ0v) is 14.2. The fraction of sp³-hybridized carbons (Fsp3) is 0.250. The Morgan fingerprint density at radius 2 is 1.67 bits per heavy atom. The van der Waals surface area contributed by atoms with Crippen LogP contribution in [-0.4, -0.2) is 26.3 Å². The lowest BCUT2D eigenvalue weighted by Gasteiger charge is -2.11. The van der Waals surface area contributed by atoms with Crippen LogP contribution >= 0.6 is 0 Å². The molecule has 0 aliphatic carbocycles. The molecule has 0 aliphatic rings. The van der Waals surface area contributed by atoms with Crippen LogP contribution in [0.25, 0.3) is 6.08 Å². The lowest BCUT2D eigenvalue weighted by Crippen LogP contribution is -2.15. The molecule has 24 heavy (non-hydrogen) atoms. The summed E-state index contributed by atoms with van der Waals surface area (Å²) < 4.78 is 15.8. The van der Waals surface area contributed by atoms with E-state index in [-0.39, 0.29) is 12.1 Å². The molecular formula is C20H22O4. The third-order valence-electron chi connectivity index (χ3n) is 3.47. The normalized spacial score (nSPS) is 12.0. The Bertz CT molecular complexity index is 670. The molecule has 0 radical (unpaired) electrons. The molecule has 1 atom stereocenters. The van der Waals surface area contributed by atoms with Gasteiger partial charge in [-0.05, 0) is 36.3 Å². The lowest BCUT2D eigenvalue weighted by atomic mass is 10.1. The maximum atomic E-state index is 12.0. The second-order valence-corrected chi connectivity index (χ2v) is 5.42. The molecular weight excluding hydrogens is 304 g/mol. The summed E-state index contributed by atoms with van der Waals surface area (Å²) in [4.78, 5) is 12.0. The van der Waals surface area contributed by atoms with Gasteiger partial charge in [-0.3, -0.25) is 0 Å². The highest BCUT2D eigenvalue weighted by atomic mass is 16.5. The third kappa shape index (κ3) is 5.47. The number of carbonyl (C=O) groups is 1. The summed E-state index contributed by atoms with van der Waals surface area (Å²) in [7, 11) is 3.17. The van der Waals surface area contributed by atoms with Crippen molar-refractivity contribution < 1.29 is 19.0 Å². The van der Waals surface area contributed by atoms with E-state index in [1.807, 2.05) is 49.4 Å². The molecule has 0 aliphatic heterocycles. The van der Waals surface area contributed by atoms with Gasteiger partial charge in [0.25, 0.3) is 0 Å². The predicted molar refractivity (Wildman–Crippen MR) is 94.3 cm³/mol. The quantitative estimate of drug-likeness (QED) is 0.572. The number of ether oxygens (including phenoxy) is 3. The first-order valence-electron chi connectivity index (χ1n) is 7.76. The first kappa shape index (κ1) is 17.6. The average Bonchev–Trinajstić information content (AvgIpc) is 2.60. The molecule has 1 unspecified atom stereocenters. The molecule has 0 aromatic heterocycles. The van der Waals surface area contributed by atoms with Crippen molar-refractivity contribution in [2.75, 3.05) is 14.2 Å². The van der Waals surface area contributed by atoms with Crippen molar-refractivity contribution in [1.82, 2.24) is 0 Å². The fourth-order valence-electron chi connectivity index (χ4n) is 2.32. The van der Waals surface area contributed by atoms with E-state index >= 15 is 0 Å². The Labute approximate surface area is 142 Å². The number of hydrogen-bond acceptors (Lipinski definition) is 4. The van der Waals surface area contributed by atoms with Gasteiger partial charge in [0.05, 0.1) is 14.2 Å². The van der Waals surface area contributed by atoms with E-state index in [0.29, 0.717) is 17.9 Å². The highest BCUT2D eigenvalue weighted by Crippen LogP contribution is 2.23. The van der Waals surface area contributed by atoms with Crippen LogP contribution in [0.5, 0.6) is 11.5 Å². The van der Waals surface area contributed by atoms with Crippen LogP contribution in [-0.2, 0) is 16.0 Å². The fourth-order valence-corrected chi connectivity index (χ4v) is 2.32. The number of benzene rings is 2. The Morgan fingerprint density at radius 1 is 1.04 bits per heavy atom. The highest BCUT2D eigenvalue weighted by Gasteiger charge is 2.08. The summed E-state index contributed by atoms with van der Waals surface area (Å²) in [6, 6.07) is 15.4. The molecule has 0 fully saturated rings. The number of hydrogen-bond donors (Lipinski definition) is 0. The van der Waals surface area contributed by atoms with Crippen molar-refractivity contribution in [2.45, 2.75) is 19.4 Å². The van der Waals surface area contributed by atoms with Crippen molar-refractivity contribution >= 4 is 12.0 Å². The van der Waals surface area contributed by atoms with Gasteiger partial charge in [0, 0.05) is 18.6 Å². The van der Waals surface area contributed by atoms with Crippen LogP contribution in [0.4, 0.5) is 0 Å². The van der Waals surface area contributed by atoms with Gasteiger partial charge in [0.15, 0.2) is 0 Å². The van der Waals surface area contributed by atoms with Gasteiger partial charge in [0.2, 0.25) is 0 Å². The molecule has 126 valence electrons. The molecule has 0 bridgehead atoms. The monoisotopic (exact) mass is 326 g/mol. The van der Waals surface area contributed by atoms with E-state index in [9.17, 15) is 4.79 Å². The van der Waals surface area contributed by atoms with E-state index in [2.05, 4.69) is 0 Å². The van der Waals surface area contributed by atoms with E-state index < -0.39 is 0 Å². The zero-order chi connectivity index (χ0) is 17.4. The van der Waals surface area contributed by atoms with Gasteiger partial charge >= 0.3 is 5.97 Å². The van der Waals surface area contributed by atoms with Crippen molar-refractivity contribution in [3.8, 4) is 11.5 Å². The maximum absolute atomic E-state index is 12.0. The molecule has 0 spiro atoms. The number of rotatable bonds is 7. The van der Waals surface area contributed by atoms with Crippen LogP contribution in [0.15, 0.2) is 54.6 Å². The summed E-state index contributed by atoms with van der Waals surface area (Å²) in [5.74, 6) is 0.958. The van der Waals surface area contributed by atoms with E-state index in [0.717, 1.165) is 11.1 Å². The van der Waals surface area contributed by atoms with Crippen LogP contribution in [0.2, 0.25) is 0 Å². The van der Waals surface area contributed by atoms with Gasteiger partial charge in [-0.1, -0.05) is 30.3 Å². The largest absolute Gasteiger partial charge is 0.497 e. The predicted octanol–water partition coefficient (Wildman–Crippen LogP) is 3.89. The molecule has 2 rings (SSSR count). The minimum Gasteiger partial charge on any atom is -0.497 e.